The molecule has 0 spiro atoms. The topological polar surface area (TPSA) is 81.7 Å². The Hall–Kier alpha value is -2.80. The van der Waals surface area contributed by atoms with Gasteiger partial charge in [0.15, 0.2) is 12.4 Å². The number of rotatable bonds is 8. The van der Waals surface area contributed by atoms with Crippen molar-refractivity contribution in [3.05, 3.63) is 59.7 Å². The van der Waals surface area contributed by atoms with E-state index in [2.05, 4.69) is 5.32 Å². The number of benzene rings is 2. The highest BCUT2D eigenvalue weighted by Crippen LogP contribution is 2.17. The molecule has 26 heavy (non-hydrogen) atoms. The van der Waals surface area contributed by atoms with Crippen LogP contribution in [0.15, 0.2) is 53.4 Å². The molecule has 0 saturated carbocycles. The molecule has 136 valence electrons. The first kappa shape index (κ1) is 19.5. The highest BCUT2D eigenvalue weighted by atomic mass is 32.2. The average Bonchev–Trinajstić information content (AvgIpc) is 2.70. The van der Waals surface area contributed by atoms with Crippen LogP contribution in [0.5, 0.6) is 5.75 Å². The van der Waals surface area contributed by atoms with E-state index in [1.54, 1.807) is 48.2 Å². The lowest BCUT2D eigenvalue weighted by Gasteiger charge is -2.09. The number of nitrogens with one attached hydrogen (secondary N) is 1. The molecule has 2 aromatic rings. The lowest BCUT2D eigenvalue weighted by atomic mass is 10.1. The number of hydrogen-bond donors (Lipinski definition) is 1. The van der Waals surface area contributed by atoms with E-state index < -0.39 is 11.9 Å². The SMILES string of the molecule is COc1ccccc1C(=O)NCC(=O)OCC(=O)c1ccc(SC)cc1. The third-order valence-electron chi connectivity index (χ3n) is 3.52. The molecule has 0 aliphatic carbocycles. The van der Waals surface area contributed by atoms with Gasteiger partial charge in [-0.15, -0.1) is 11.8 Å². The maximum absolute atomic E-state index is 12.1. The number of ether oxygens (including phenoxy) is 2. The summed E-state index contributed by atoms with van der Waals surface area (Å²) >= 11 is 1.57. The van der Waals surface area contributed by atoms with Crippen molar-refractivity contribution in [3.8, 4) is 5.75 Å². The molecule has 0 radical (unpaired) electrons. The van der Waals surface area contributed by atoms with E-state index in [-0.39, 0.29) is 18.9 Å². The van der Waals surface area contributed by atoms with Crippen LogP contribution in [0.3, 0.4) is 0 Å². The van der Waals surface area contributed by atoms with E-state index in [9.17, 15) is 14.4 Å². The molecule has 0 atom stereocenters. The maximum Gasteiger partial charge on any atom is 0.325 e. The zero-order chi connectivity index (χ0) is 18.9. The second-order valence-electron chi connectivity index (χ2n) is 5.20. The van der Waals surface area contributed by atoms with E-state index in [0.717, 1.165) is 4.90 Å². The van der Waals surface area contributed by atoms with Gasteiger partial charge in [-0.05, 0) is 30.5 Å². The van der Waals surface area contributed by atoms with E-state index >= 15 is 0 Å². The Bertz CT molecular complexity index is 789. The highest BCUT2D eigenvalue weighted by Gasteiger charge is 2.14. The van der Waals surface area contributed by atoms with Gasteiger partial charge in [-0.1, -0.05) is 24.3 Å². The summed E-state index contributed by atoms with van der Waals surface area (Å²) in [4.78, 5) is 36.9. The van der Waals surface area contributed by atoms with E-state index in [4.69, 9.17) is 9.47 Å². The quantitative estimate of drug-likeness (QED) is 0.435. The van der Waals surface area contributed by atoms with E-state index in [1.165, 1.54) is 7.11 Å². The zero-order valence-electron chi connectivity index (χ0n) is 14.5. The Balaban J connectivity index is 1.81. The Morgan fingerprint density at radius 1 is 1.04 bits per heavy atom. The van der Waals surface area contributed by atoms with Crippen molar-refractivity contribution in [2.75, 3.05) is 26.5 Å². The summed E-state index contributed by atoms with van der Waals surface area (Å²) < 4.78 is 10.0. The molecule has 0 heterocycles. The van der Waals surface area contributed by atoms with Crippen LogP contribution >= 0.6 is 11.8 Å². The van der Waals surface area contributed by atoms with Crippen molar-refractivity contribution in [1.82, 2.24) is 5.32 Å². The van der Waals surface area contributed by atoms with Crippen LogP contribution in [0.1, 0.15) is 20.7 Å². The highest BCUT2D eigenvalue weighted by molar-refractivity contribution is 7.98. The number of amides is 1. The Morgan fingerprint density at radius 2 is 1.73 bits per heavy atom. The first-order valence-electron chi connectivity index (χ1n) is 7.79. The van der Waals surface area contributed by atoms with E-state index in [1.807, 2.05) is 18.4 Å². The molecule has 0 aliphatic heterocycles. The molecule has 2 rings (SSSR count). The second kappa shape index (κ2) is 9.62. The number of Topliss-reactive ketones (excluding diaryl/α,β-unsaturated/α-hetero) is 1. The van der Waals surface area contributed by atoms with Gasteiger partial charge in [0.05, 0.1) is 12.7 Å². The molecule has 7 heteroatoms. The van der Waals surface area contributed by atoms with Crippen LogP contribution in [0.25, 0.3) is 0 Å². The second-order valence-corrected chi connectivity index (χ2v) is 6.07. The number of esters is 1. The van der Waals surface area contributed by atoms with Gasteiger partial charge in [0.25, 0.3) is 5.91 Å². The van der Waals surface area contributed by atoms with Crippen molar-refractivity contribution in [2.24, 2.45) is 0 Å². The lowest BCUT2D eigenvalue weighted by molar-refractivity contribution is -0.141. The van der Waals surface area contributed by atoms with Crippen LogP contribution in [0, 0.1) is 0 Å². The van der Waals surface area contributed by atoms with Gasteiger partial charge in [-0.2, -0.15) is 0 Å². The Morgan fingerprint density at radius 3 is 2.38 bits per heavy atom. The van der Waals surface area contributed by atoms with Gasteiger partial charge in [-0.25, -0.2) is 0 Å². The molecule has 0 aliphatic rings. The molecule has 6 nitrogen and oxygen atoms in total. The molecule has 1 amide bonds. The number of hydrogen-bond acceptors (Lipinski definition) is 6. The number of thioether (sulfide) groups is 1. The Kier molecular flexibility index (Phi) is 7.23. The van der Waals surface area contributed by atoms with Gasteiger partial charge in [0.2, 0.25) is 0 Å². The minimum absolute atomic E-state index is 0.304. The summed E-state index contributed by atoms with van der Waals surface area (Å²) in [6.07, 6.45) is 1.94. The standard InChI is InChI=1S/C19H19NO5S/c1-24-17-6-4-3-5-15(17)19(23)20-11-18(22)25-12-16(21)13-7-9-14(26-2)10-8-13/h3-10H,11-12H2,1-2H3,(H,20,23). The molecular formula is C19H19NO5S. The molecule has 0 unspecified atom stereocenters. The fourth-order valence-corrected chi connectivity index (χ4v) is 2.55. The first-order chi connectivity index (χ1) is 12.5. The maximum atomic E-state index is 12.1. The van der Waals surface area contributed by atoms with Gasteiger partial charge in [0, 0.05) is 10.5 Å². The lowest BCUT2D eigenvalue weighted by Crippen LogP contribution is -2.31. The van der Waals surface area contributed by atoms with Crippen LogP contribution in [-0.2, 0) is 9.53 Å². The number of para-hydroxylation sites is 1. The van der Waals surface area contributed by atoms with Crippen molar-refractivity contribution in [3.63, 3.8) is 0 Å². The molecule has 2 aromatic carbocycles. The van der Waals surface area contributed by atoms with Crippen molar-refractivity contribution in [2.45, 2.75) is 4.90 Å². The van der Waals surface area contributed by atoms with Gasteiger partial charge in [0.1, 0.15) is 12.3 Å². The summed E-state index contributed by atoms with van der Waals surface area (Å²) in [6, 6.07) is 13.7. The van der Waals surface area contributed by atoms with Gasteiger partial charge >= 0.3 is 5.97 Å². The predicted molar refractivity (Wildman–Crippen MR) is 98.8 cm³/mol. The number of carbonyl (C=O) groups excluding carboxylic acids is 3. The van der Waals surface area contributed by atoms with Crippen LogP contribution in [-0.4, -0.2) is 44.2 Å². The van der Waals surface area contributed by atoms with Crippen molar-refractivity contribution >= 4 is 29.4 Å². The third kappa shape index (κ3) is 5.35. The van der Waals surface area contributed by atoms with Crippen LogP contribution < -0.4 is 10.1 Å². The largest absolute Gasteiger partial charge is 0.496 e. The van der Waals surface area contributed by atoms with Crippen molar-refractivity contribution in [1.29, 1.82) is 0 Å². The van der Waals surface area contributed by atoms with E-state index in [0.29, 0.717) is 16.9 Å². The predicted octanol–water partition coefficient (Wildman–Crippen LogP) is 2.57. The molecule has 0 fully saturated rings. The van der Waals surface area contributed by atoms with Gasteiger partial charge < -0.3 is 14.8 Å². The third-order valence-corrected chi connectivity index (χ3v) is 4.26. The minimum Gasteiger partial charge on any atom is -0.496 e. The summed E-state index contributed by atoms with van der Waals surface area (Å²) in [6.45, 7) is -0.711. The van der Waals surface area contributed by atoms with Crippen LogP contribution in [0.2, 0.25) is 0 Å². The minimum atomic E-state index is -0.692. The molecule has 0 saturated heterocycles. The Labute approximate surface area is 155 Å². The normalized spacial score (nSPS) is 10.1. The molecular weight excluding hydrogens is 354 g/mol. The average molecular weight is 373 g/mol. The first-order valence-corrected chi connectivity index (χ1v) is 9.01. The molecule has 0 bridgehead atoms. The molecule has 0 aromatic heterocycles. The number of ketones is 1. The molecule has 1 N–H and O–H groups in total. The fourth-order valence-electron chi connectivity index (χ4n) is 2.14. The number of methoxy groups -OCH3 is 1. The van der Waals surface area contributed by atoms with Gasteiger partial charge in [-0.3, -0.25) is 14.4 Å². The van der Waals surface area contributed by atoms with Crippen LogP contribution in [0.4, 0.5) is 0 Å². The fraction of sp³-hybridized carbons (Fsp3) is 0.211. The smallest absolute Gasteiger partial charge is 0.325 e. The monoisotopic (exact) mass is 373 g/mol. The van der Waals surface area contributed by atoms with Crippen molar-refractivity contribution < 1.29 is 23.9 Å². The summed E-state index contributed by atoms with van der Waals surface area (Å²) in [5.41, 5.74) is 0.779. The summed E-state index contributed by atoms with van der Waals surface area (Å²) in [7, 11) is 1.46. The zero-order valence-corrected chi connectivity index (χ0v) is 15.3. The summed E-state index contributed by atoms with van der Waals surface area (Å²) in [5.74, 6) is -1.05. The number of carbonyl (C=O) groups is 3. The summed E-state index contributed by atoms with van der Waals surface area (Å²) in [5, 5.41) is 2.44.